The van der Waals surface area contributed by atoms with Crippen LogP contribution < -0.4 is 5.32 Å². The monoisotopic (exact) mass is 460 g/mol. The Hall–Kier alpha value is -1.33. The van der Waals surface area contributed by atoms with E-state index in [-0.39, 0.29) is 63.0 Å². The van der Waals surface area contributed by atoms with Gasteiger partial charge in [0.15, 0.2) is 0 Å². The van der Waals surface area contributed by atoms with Crippen molar-refractivity contribution < 1.29 is 56.0 Å². The average molecular weight is 460 g/mol. The topological polar surface area (TPSA) is 83.6 Å². The molecular formula is C16H14Fe3N5O-. The van der Waals surface area contributed by atoms with Crippen molar-refractivity contribution in [1.29, 1.82) is 0 Å². The number of carbonyl (C=O) groups is 1. The Morgan fingerprint density at radius 2 is 1.96 bits per heavy atom. The summed E-state index contributed by atoms with van der Waals surface area (Å²) < 4.78 is 0. The molecule has 0 atom stereocenters. The molecule has 1 aliphatic carbocycles. The SMILES string of the molecule is [CH2-]c1nccc(-c2cc3cnc(NC(=O)C4CC4)cc3[nH]2)n1.[Fe].[Fe].[Fe]. The van der Waals surface area contributed by atoms with Crippen LogP contribution in [0, 0.1) is 12.8 Å². The van der Waals surface area contributed by atoms with Gasteiger partial charge in [0.2, 0.25) is 5.91 Å². The van der Waals surface area contributed by atoms with Crippen molar-refractivity contribution >= 4 is 22.6 Å². The molecule has 3 heterocycles. The number of aromatic nitrogens is 4. The number of fused-ring (bicyclic) bond motifs is 1. The van der Waals surface area contributed by atoms with Crippen molar-refractivity contribution in [3.63, 3.8) is 0 Å². The van der Waals surface area contributed by atoms with Crippen LogP contribution in [0.15, 0.2) is 30.6 Å². The largest absolute Gasteiger partial charge is 0.353 e. The van der Waals surface area contributed by atoms with E-state index in [1.807, 2.05) is 18.2 Å². The maximum atomic E-state index is 11.8. The Balaban J connectivity index is 0.00000104. The van der Waals surface area contributed by atoms with Crippen LogP contribution in [-0.4, -0.2) is 25.8 Å². The molecule has 1 amide bonds. The number of pyridine rings is 1. The molecule has 0 radical (unpaired) electrons. The van der Waals surface area contributed by atoms with Crippen LogP contribution in [0.4, 0.5) is 5.82 Å². The normalized spacial score (nSPS) is 12.5. The zero-order valence-electron chi connectivity index (χ0n) is 12.9. The van der Waals surface area contributed by atoms with Crippen LogP contribution in [0.25, 0.3) is 22.3 Å². The standard InChI is InChI=1S/C16H14N5O.3Fe/c1-9-17-5-4-12(19-9)14-6-11-8-18-15(7-13(11)20-14)21-16(22)10-2-3-10;;;/h4-8,10,20H,1-3H2,(H,18,21,22);;;/q-1;;;. The molecule has 3 aromatic heterocycles. The van der Waals surface area contributed by atoms with Gasteiger partial charge in [0, 0.05) is 81.0 Å². The summed E-state index contributed by atoms with van der Waals surface area (Å²) in [7, 11) is 0. The minimum absolute atomic E-state index is 0. The number of hydrogen-bond acceptors (Lipinski definition) is 4. The predicted octanol–water partition coefficient (Wildman–Crippen LogP) is 2.54. The predicted molar refractivity (Wildman–Crippen MR) is 82.9 cm³/mol. The second kappa shape index (κ2) is 8.86. The number of anilines is 1. The summed E-state index contributed by atoms with van der Waals surface area (Å²) in [5.41, 5.74) is 2.55. The molecule has 0 bridgehead atoms. The summed E-state index contributed by atoms with van der Waals surface area (Å²) in [5, 5.41) is 3.81. The molecular weight excluding hydrogens is 446 g/mol. The van der Waals surface area contributed by atoms with Crippen molar-refractivity contribution in [3.05, 3.63) is 43.3 Å². The molecule has 0 spiro atoms. The van der Waals surface area contributed by atoms with E-state index in [0.717, 1.165) is 35.1 Å². The van der Waals surface area contributed by atoms with Crippen LogP contribution in [0.5, 0.6) is 0 Å². The maximum absolute atomic E-state index is 11.8. The van der Waals surface area contributed by atoms with Crippen molar-refractivity contribution in [2.24, 2.45) is 5.92 Å². The van der Waals surface area contributed by atoms with Gasteiger partial charge in [-0.1, -0.05) is 0 Å². The van der Waals surface area contributed by atoms with E-state index in [1.165, 1.54) is 0 Å². The Morgan fingerprint density at radius 1 is 1.20 bits per heavy atom. The summed E-state index contributed by atoms with van der Waals surface area (Å²) in [4.78, 5) is 27.7. The third-order valence-electron chi connectivity index (χ3n) is 3.68. The molecule has 1 fully saturated rings. The number of amides is 1. The van der Waals surface area contributed by atoms with Gasteiger partial charge >= 0.3 is 0 Å². The summed E-state index contributed by atoms with van der Waals surface area (Å²) in [6.45, 7) is 3.73. The maximum Gasteiger partial charge on any atom is 0.228 e. The van der Waals surface area contributed by atoms with Gasteiger partial charge in [0.1, 0.15) is 5.82 Å². The minimum Gasteiger partial charge on any atom is -0.353 e. The summed E-state index contributed by atoms with van der Waals surface area (Å²) >= 11 is 0. The molecule has 134 valence electrons. The number of aromatic amines is 1. The van der Waals surface area contributed by atoms with Gasteiger partial charge in [0.25, 0.3) is 0 Å². The van der Waals surface area contributed by atoms with E-state index in [2.05, 4.69) is 32.2 Å². The third kappa shape index (κ3) is 4.85. The number of H-pyrrole nitrogens is 1. The molecule has 0 unspecified atom stereocenters. The number of carbonyl (C=O) groups excluding carboxylic acids is 1. The van der Waals surface area contributed by atoms with Crippen molar-refractivity contribution in [1.82, 2.24) is 19.9 Å². The smallest absolute Gasteiger partial charge is 0.228 e. The van der Waals surface area contributed by atoms with E-state index in [0.29, 0.717) is 11.6 Å². The first-order valence-electron chi connectivity index (χ1n) is 7.14. The molecule has 4 rings (SSSR count). The fourth-order valence-electron chi connectivity index (χ4n) is 2.36. The number of nitrogens with zero attached hydrogens (tertiary/aromatic N) is 3. The quantitative estimate of drug-likeness (QED) is 0.466. The van der Waals surface area contributed by atoms with Crippen molar-refractivity contribution in [2.45, 2.75) is 12.8 Å². The van der Waals surface area contributed by atoms with E-state index in [4.69, 9.17) is 0 Å². The van der Waals surface area contributed by atoms with E-state index < -0.39 is 0 Å². The summed E-state index contributed by atoms with van der Waals surface area (Å²) in [6, 6.07) is 5.63. The summed E-state index contributed by atoms with van der Waals surface area (Å²) in [5.74, 6) is 1.26. The van der Waals surface area contributed by atoms with E-state index in [9.17, 15) is 4.79 Å². The Morgan fingerprint density at radius 3 is 2.64 bits per heavy atom. The second-order valence-corrected chi connectivity index (χ2v) is 5.46. The van der Waals surface area contributed by atoms with Gasteiger partial charge in [-0.15, -0.1) is 0 Å². The van der Waals surface area contributed by atoms with Crippen LogP contribution in [0.1, 0.15) is 18.7 Å². The van der Waals surface area contributed by atoms with Crippen LogP contribution in [0.2, 0.25) is 0 Å². The first-order chi connectivity index (χ1) is 10.7. The van der Waals surface area contributed by atoms with E-state index >= 15 is 0 Å². The van der Waals surface area contributed by atoms with Crippen molar-refractivity contribution in [3.8, 4) is 11.4 Å². The minimum atomic E-state index is 0. The van der Waals surface area contributed by atoms with Crippen LogP contribution in [0.3, 0.4) is 0 Å². The molecule has 6 nitrogen and oxygen atoms in total. The summed E-state index contributed by atoms with van der Waals surface area (Å²) in [6.07, 6.45) is 5.36. The molecule has 3 aromatic rings. The van der Waals surface area contributed by atoms with Gasteiger partial charge < -0.3 is 17.2 Å². The zero-order valence-corrected chi connectivity index (χ0v) is 16.2. The number of nitrogens with one attached hydrogen (secondary N) is 2. The molecule has 2 N–H and O–H groups in total. The third-order valence-corrected chi connectivity index (χ3v) is 3.68. The van der Waals surface area contributed by atoms with Crippen LogP contribution >= 0.6 is 0 Å². The fourth-order valence-corrected chi connectivity index (χ4v) is 2.36. The van der Waals surface area contributed by atoms with E-state index in [1.54, 1.807) is 12.4 Å². The van der Waals surface area contributed by atoms with Gasteiger partial charge in [-0.05, 0) is 30.8 Å². The fraction of sp³-hybridized carbons (Fsp3) is 0.188. The first kappa shape index (κ1) is 21.7. The average Bonchev–Trinajstić information content (AvgIpc) is 3.27. The molecule has 0 aliphatic heterocycles. The first-order valence-corrected chi connectivity index (χ1v) is 7.14. The molecule has 0 aromatic carbocycles. The molecule has 9 heteroatoms. The van der Waals surface area contributed by atoms with Gasteiger partial charge in [0.05, 0.1) is 16.9 Å². The Labute approximate surface area is 176 Å². The number of rotatable bonds is 3. The van der Waals surface area contributed by atoms with Gasteiger partial charge in [-0.3, -0.25) is 14.8 Å². The molecule has 25 heavy (non-hydrogen) atoms. The molecule has 1 aliphatic rings. The molecule has 1 saturated carbocycles. The Bertz CT molecular complexity index is 879. The van der Waals surface area contributed by atoms with Crippen LogP contribution in [-0.2, 0) is 56.0 Å². The zero-order chi connectivity index (χ0) is 15.1. The van der Waals surface area contributed by atoms with Gasteiger partial charge in [-0.25, -0.2) is 4.98 Å². The number of hydrogen-bond donors (Lipinski definition) is 2. The Kier molecular flexibility index (Phi) is 7.69. The second-order valence-electron chi connectivity index (χ2n) is 5.46. The van der Waals surface area contributed by atoms with Crippen molar-refractivity contribution in [2.75, 3.05) is 5.32 Å². The van der Waals surface area contributed by atoms with Gasteiger partial charge in [-0.2, -0.15) is 0 Å². The molecule has 0 saturated heterocycles.